The summed E-state index contributed by atoms with van der Waals surface area (Å²) in [6, 6.07) is 0. The van der Waals surface area contributed by atoms with Crippen molar-refractivity contribution in [2.24, 2.45) is 0 Å². The maximum Gasteiger partial charge on any atom is 0.350 e. The normalized spacial score (nSPS) is 11.5. The summed E-state index contributed by atoms with van der Waals surface area (Å²) in [5.74, 6) is -0.291. The summed E-state index contributed by atoms with van der Waals surface area (Å²) in [4.78, 5) is 16.4. The lowest BCUT2D eigenvalue weighted by Gasteiger charge is -2.18. The third-order valence-corrected chi connectivity index (χ3v) is 2.78. The SMILES string of the molecule is CNCCc1ncc(C(=O)OC(C)(C)C)s1. The standard InChI is InChI=1S/C11H18N2O2S/c1-11(2,3)15-10(14)8-7-13-9(16-8)5-6-12-4/h7,12H,5-6H2,1-4H3. The van der Waals surface area contributed by atoms with Crippen molar-refractivity contribution in [3.8, 4) is 0 Å². The topological polar surface area (TPSA) is 51.2 Å². The van der Waals surface area contributed by atoms with Crippen LogP contribution in [0.1, 0.15) is 35.5 Å². The van der Waals surface area contributed by atoms with Crippen LogP contribution in [0.2, 0.25) is 0 Å². The molecule has 0 aliphatic rings. The van der Waals surface area contributed by atoms with Gasteiger partial charge in [-0.05, 0) is 27.8 Å². The Balaban J connectivity index is 2.60. The molecule has 1 rings (SSSR count). The number of ether oxygens (including phenoxy) is 1. The summed E-state index contributed by atoms with van der Waals surface area (Å²) >= 11 is 1.40. The monoisotopic (exact) mass is 242 g/mol. The highest BCUT2D eigenvalue weighted by atomic mass is 32.1. The minimum Gasteiger partial charge on any atom is -0.456 e. The first-order valence-electron chi connectivity index (χ1n) is 5.25. The Bertz CT molecular complexity index is 355. The fourth-order valence-corrected chi connectivity index (χ4v) is 1.87. The van der Waals surface area contributed by atoms with Gasteiger partial charge in [-0.25, -0.2) is 9.78 Å². The second-order valence-corrected chi connectivity index (χ2v) is 5.59. The van der Waals surface area contributed by atoms with Crippen molar-refractivity contribution in [3.63, 3.8) is 0 Å². The van der Waals surface area contributed by atoms with Crippen LogP contribution < -0.4 is 5.32 Å². The fraction of sp³-hybridized carbons (Fsp3) is 0.636. The molecule has 90 valence electrons. The average Bonchev–Trinajstić information content (AvgIpc) is 2.60. The molecule has 1 heterocycles. The van der Waals surface area contributed by atoms with E-state index in [9.17, 15) is 4.79 Å². The number of nitrogens with zero attached hydrogens (tertiary/aromatic N) is 1. The van der Waals surface area contributed by atoms with Gasteiger partial charge in [-0.3, -0.25) is 0 Å². The number of likely N-dealkylation sites (N-methyl/N-ethyl adjacent to an activating group) is 1. The summed E-state index contributed by atoms with van der Waals surface area (Å²) in [6.45, 7) is 6.43. The predicted octanol–water partition coefficient (Wildman–Crippen LogP) is 1.86. The predicted molar refractivity (Wildman–Crippen MR) is 64.9 cm³/mol. The van der Waals surface area contributed by atoms with E-state index in [1.807, 2.05) is 27.8 Å². The van der Waals surface area contributed by atoms with Gasteiger partial charge in [0.2, 0.25) is 0 Å². The second kappa shape index (κ2) is 5.41. The van der Waals surface area contributed by atoms with Gasteiger partial charge in [0.25, 0.3) is 0 Å². The van der Waals surface area contributed by atoms with Crippen LogP contribution in [0, 0.1) is 0 Å². The number of rotatable bonds is 4. The van der Waals surface area contributed by atoms with Crippen molar-refractivity contribution in [3.05, 3.63) is 16.1 Å². The Morgan fingerprint density at radius 3 is 2.81 bits per heavy atom. The molecule has 0 aliphatic heterocycles. The molecule has 1 N–H and O–H groups in total. The molecule has 0 bridgehead atoms. The van der Waals surface area contributed by atoms with E-state index in [-0.39, 0.29) is 5.97 Å². The van der Waals surface area contributed by atoms with Crippen LogP contribution >= 0.6 is 11.3 Å². The van der Waals surface area contributed by atoms with Crippen LogP contribution in [0.3, 0.4) is 0 Å². The van der Waals surface area contributed by atoms with E-state index in [0.29, 0.717) is 4.88 Å². The summed E-state index contributed by atoms with van der Waals surface area (Å²) in [6.07, 6.45) is 2.42. The van der Waals surface area contributed by atoms with Gasteiger partial charge in [0.15, 0.2) is 0 Å². The number of hydrogen-bond acceptors (Lipinski definition) is 5. The molecule has 4 nitrogen and oxygen atoms in total. The zero-order chi connectivity index (χ0) is 12.2. The van der Waals surface area contributed by atoms with Gasteiger partial charge >= 0.3 is 5.97 Å². The van der Waals surface area contributed by atoms with Gasteiger partial charge < -0.3 is 10.1 Å². The van der Waals surface area contributed by atoms with Gasteiger partial charge in [0.05, 0.1) is 11.2 Å². The summed E-state index contributed by atoms with van der Waals surface area (Å²) in [5.41, 5.74) is -0.452. The Hall–Kier alpha value is -0.940. The van der Waals surface area contributed by atoms with E-state index >= 15 is 0 Å². The van der Waals surface area contributed by atoms with Crippen LogP contribution in [0.15, 0.2) is 6.20 Å². The molecule has 0 amide bonds. The lowest BCUT2D eigenvalue weighted by atomic mass is 10.2. The van der Waals surface area contributed by atoms with Gasteiger partial charge in [-0.15, -0.1) is 11.3 Å². The van der Waals surface area contributed by atoms with Gasteiger partial charge in [0.1, 0.15) is 10.5 Å². The molecule has 0 radical (unpaired) electrons. The first kappa shape index (κ1) is 13.1. The molecule has 0 fully saturated rings. The Kier molecular flexibility index (Phi) is 4.44. The first-order valence-corrected chi connectivity index (χ1v) is 6.06. The van der Waals surface area contributed by atoms with Crippen LogP contribution in [0.25, 0.3) is 0 Å². The molecule has 0 unspecified atom stereocenters. The van der Waals surface area contributed by atoms with Crippen molar-refractivity contribution in [1.82, 2.24) is 10.3 Å². The highest BCUT2D eigenvalue weighted by molar-refractivity contribution is 7.13. The number of esters is 1. The number of thiazole rings is 1. The number of hydrogen-bond donors (Lipinski definition) is 1. The number of aromatic nitrogens is 1. The number of carbonyl (C=O) groups excluding carboxylic acids is 1. The second-order valence-electron chi connectivity index (χ2n) is 4.47. The molecule has 0 atom stereocenters. The molecule has 0 saturated heterocycles. The van der Waals surface area contributed by atoms with E-state index < -0.39 is 5.60 Å². The first-order chi connectivity index (χ1) is 7.42. The summed E-state index contributed by atoms with van der Waals surface area (Å²) in [7, 11) is 1.89. The number of nitrogens with one attached hydrogen (secondary N) is 1. The molecule has 0 spiro atoms. The Morgan fingerprint density at radius 1 is 1.56 bits per heavy atom. The molecule has 1 aromatic rings. The Labute approximate surface area is 100 Å². The molecule has 0 saturated carbocycles. The smallest absolute Gasteiger partial charge is 0.350 e. The molecule has 5 heteroatoms. The molecular formula is C11H18N2O2S. The maximum atomic E-state index is 11.7. The van der Waals surface area contributed by atoms with Gasteiger partial charge in [-0.1, -0.05) is 0 Å². The molecular weight excluding hydrogens is 224 g/mol. The highest BCUT2D eigenvalue weighted by Crippen LogP contribution is 2.17. The quantitative estimate of drug-likeness (QED) is 0.819. The zero-order valence-electron chi connectivity index (χ0n) is 10.2. The van der Waals surface area contributed by atoms with Gasteiger partial charge in [-0.2, -0.15) is 0 Å². The largest absolute Gasteiger partial charge is 0.456 e. The zero-order valence-corrected chi connectivity index (χ0v) is 11.0. The van der Waals surface area contributed by atoms with Crippen molar-refractivity contribution in [2.45, 2.75) is 32.8 Å². The van der Waals surface area contributed by atoms with Crippen molar-refractivity contribution in [1.29, 1.82) is 0 Å². The van der Waals surface area contributed by atoms with E-state index in [0.717, 1.165) is 18.0 Å². The van der Waals surface area contributed by atoms with Crippen LogP contribution in [-0.4, -0.2) is 30.1 Å². The minimum absolute atomic E-state index is 0.291. The Morgan fingerprint density at radius 2 is 2.25 bits per heavy atom. The number of carbonyl (C=O) groups is 1. The van der Waals surface area contributed by atoms with E-state index in [4.69, 9.17) is 4.74 Å². The molecule has 0 aromatic carbocycles. The van der Waals surface area contributed by atoms with Gasteiger partial charge in [0, 0.05) is 13.0 Å². The average molecular weight is 242 g/mol. The van der Waals surface area contributed by atoms with E-state index in [2.05, 4.69) is 10.3 Å². The van der Waals surface area contributed by atoms with E-state index in [1.54, 1.807) is 6.20 Å². The highest BCUT2D eigenvalue weighted by Gasteiger charge is 2.19. The minimum atomic E-state index is -0.452. The lowest BCUT2D eigenvalue weighted by Crippen LogP contribution is -2.23. The van der Waals surface area contributed by atoms with E-state index in [1.165, 1.54) is 11.3 Å². The van der Waals surface area contributed by atoms with Crippen molar-refractivity contribution in [2.75, 3.05) is 13.6 Å². The third kappa shape index (κ3) is 4.28. The van der Waals surface area contributed by atoms with Crippen molar-refractivity contribution >= 4 is 17.3 Å². The van der Waals surface area contributed by atoms with Crippen molar-refractivity contribution < 1.29 is 9.53 Å². The van der Waals surface area contributed by atoms with Crippen LogP contribution in [0.4, 0.5) is 0 Å². The fourth-order valence-electron chi connectivity index (χ4n) is 1.08. The molecule has 0 aliphatic carbocycles. The third-order valence-electron chi connectivity index (χ3n) is 1.74. The molecule has 1 aromatic heterocycles. The summed E-state index contributed by atoms with van der Waals surface area (Å²) in [5, 5.41) is 4.00. The molecule has 16 heavy (non-hydrogen) atoms. The van der Waals surface area contributed by atoms with Crippen LogP contribution in [-0.2, 0) is 11.2 Å². The van der Waals surface area contributed by atoms with Crippen LogP contribution in [0.5, 0.6) is 0 Å². The maximum absolute atomic E-state index is 11.7. The summed E-state index contributed by atoms with van der Waals surface area (Å²) < 4.78 is 5.26. The lowest BCUT2D eigenvalue weighted by molar-refractivity contribution is 0.00750.